The van der Waals surface area contributed by atoms with Crippen LogP contribution in [-0.4, -0.2) is 40.2 Å². The minimum Gasteiger partial charge on any atom is -0.443 e. The van der Waals surface area contributed by atoms with Crippen LogP contribution in [0.5, 0.6) is 0 Å². The van der Waals surface area contributed by atoms with Gasteiger partial charge in [-0.05, 0) is 29.3 Å². The second kappa shape index (κ2) is 7.65. The maximum Gasteiger partial charge on any atom is 0.414 e. The van der Waals surface area contributed by atoms with Gasteiger partial charge in [-0.15, -0.1) is 10.2 Å². The largest absolute Gasteiger partial charge is 0.443 e. The molecule has 0 unspecified atom stereocenters. The van der Waals surface area contributed by atoms with E-state index in [2.05, 4.69) is 15.6 Å². The van der Waals surface area contributed by atoms with Crippen molar-refractivity contribution in [2.75, 3.05) is 23.4 Å². The van der Waals surface area contributed by atoms with Crippen LogP contribution in [0, 0.1) is 5.82 Å². The molecule has 144 valence electrons. The van der Waals surface area contributed by atoms with Crippen molar-refractivity contribution < 1.29 is 13.9 Å². The van der Waals surface area contributed by atoms with Crippen LogP contribution in [0.3, 0.4) is 0 Å². The molecule has 28 heavy (non-hydrogen) atoms. The molecule has 0 aliphatic carbocycles. The first kappa shape index (κ1) is 17.9. The summed E-state index contributed by atoms with van der Waals surface area (Å²) in [6, 6.07) is 12.3. The number of anilines is 1. The molecule has 3 aromatic rings. The number of carbonyl (C=O) groups excluding carboxylic acids is 1. The molecule has 2 aromatic carbocycles. The summed E-state index contributed by atoms with van der Waals surface area (Å²) in [5.74, 6) is -0.406. The number of rotatable bonds is 6. The van der Waals surface area contributed by atoms with E-state index in [-0.39, 0.29) is 12.6 Å². The average Bonchev–Trinajstić information content (AvgIpc) is 3.36. The summed E-state index contributed by atoms with van der Waals surface area (Å²) in [5, 5.41) is 7.43. The number of aromatic nitrogens is 3. The zero-order valence-corrected chi connectivity index (χ0v) is 15.0. The predicted molar refractivity (Wildman–Crippen MR) is 102 cm³/mol. The van der Waals surface area contributed by atoms with Crippen molar-refractivity contribution in [2.45, 2.75) is 12.6 Å². The standard InChI is InChI=1S/C19H19FN6O2/c20-18-7-15(26-10-16(8-21)28-19(26)27)5-6-17(18)14-3-1-13(2-4-14)9-24-25-11-22-23-12-25/h1-7,11-12,16,24H,8-10,21H2/t16-/m0/s1. The summed E-state index contributed by atoms with van der Waals surface area (Å²) in [6.07, 6.45) is 2.26. The van der Waals surface area contributed by atoms with Crippen molar-refractivity contribution in [1.29, 1.82) is 0 Å². The number of nitrogens with one attached hydrogen (secondary N) is 1. The van der Waals surface area contributed by atoms with Crippen molar-refractivity contribution in [2.24, 2.45) is 5.73 Å². The second-order valence-corrected chi connectivity index (χ2v) is 6.42. The number of benzene rings is 2. The molecule has 1 aliphatic rings. The van der Waals surface area contributed by atoms with Gasteiger partial charge in [0.15, 0.2) is 0 Å². The molecule has 0 saturated carbocycles. The highest BCUT2D eigenvalue weighted by atomic mass is 19.1. The Hall–Kier alpha value is -3.46. The average molecular weight is 382 g/mol. The molecule has 1 saturated heterocycles. The molecule has 0 radical (unpaired) electrons. The Labute approximate surface area is 160 Å². The Morgan fingerprint density at radius 1 is 1.18 bits per heavy atom. The molecule has 1 aliphatic heterocycles. The number of hydrogen-bond donors (Lipinski definition) is 2. The lowest BCUT2D eigenvalue weighted by molar-refractivity contribution is 0.145. The lowest BCUT2D eigenvalue weighted by Gasteiger charge is -2.14. The topological polar surface area (TPSA) is 98.3 Å². The van der Waals surface area contributed by atoms with Crippen molar-refractivity contribution in [3.8, 4) is 11.1 Å². The number of nitrogens with two attached hydrogens (primary N) is 1. The summed E-state index contributed by atoms with van der Waals surface area (Å²) in [5.41, 5.74) is 11.4. The molecule has 9 heteroatoms. The highest BCUT2D eigenvalue weighted by Gasteiger charge is 2.31. The fourth-order valence-electron chi connectivity index (χ4n) is 3.03. The third kappa shape index (κ3) is 3.65. The number of ether oxygens (including phenoxy) is 1. The quantitative estimate of drug-likeness (QED) is 0.678. The molecule has 8 nitrogen and oxygen atoms in total. The van der Waals surface area contributed by atoms with Crippen molar-refractivity contribution in [3.63, 3.8) is 0 Å². The van der Waals surface area contributed by atoms with Gasteiger partial charge in [-0.1, -0.05) is 24.3 Å². The van der Waals surface area contributed by atoms with E-state index in [1.807, 2.05) is 24.3 Å². The van der Waals surface area contributed by atoms with Crippen LogP contribution in [0.25, 0.3) is 11.1 Å². The smallest absolute Gasteiger partial charge is 0.414 e. The fourth-order valence-corrected chi connectivity index (χ4v) is 3.03. The molecule has 3 N–H and O–H groups in total. The maximum atomic E-state index is 14.7. The van der Waals surface area contributed by atoms with Crippen LogP contribution >= 0.6 is 0 Å². The van der Waals surface area contributed by atoms with Crippen molar-refractivity contribution in [3.05, 3.63) is 66.5 Å². The third-order valence-electron chi connectivity index (χ3n) is 4.55. The molecular weight excluding hydrogens is 363 g/mol. The van der Waals surface area contributed by atoms with E-state index in [0.29, 0.717) is 24.3 Å². The lowest BCUT2D eigenvalue weighted by atomic mass is 10.0. The Kier molecular flexibility index (Phi) is 4.90. The van der Waals surface area contributed by atoms with Crippen LogP contribution in [-0.2, 0) is 11.3 Å². The summed E-state index contributed by atoms with van der Waals surface area (Å²) >= 11 is 0. The Bertz CT molecular complexity index is 961. The number of carbonyl (C=O) groups is 1. The second-order valence-electron chi connectivity index (χ2n) is 6.42. The Morgan fingerprint density at radius 2 is 1.93 bits per heavy atom. The molecular formula is C19H19FN6O2. The van der Waals surface area contributed by atoms with E-state index in [9.17, 15) is 9.18 Å². The monoisotopic (exact) mass is 382 g/mol. The molecule has 1 fully saturated rings. The van der Waals surface area contributed by atoms with Crippen LogP contribution in [0.2, 0.25) is 0 Å². The highest BCUT2D eigenvalue weighted by molar-refractivity contribution is 5.90. The van der Waals surface area contributed by atoms with E-state index in [4.69, 9.17) is 10.5 Å². The first-order valence-corrected chi connectivity index (χ1v) is 8.79. The first-order valence-electron chi connectivity index (χ1n) is 8.79. The van der Waals surface area contributed by atoms with Gasteiger partial charge >= 0.3 is 6.09 Å². The van der Waals surface area contributed by atoms with E-state index in [0.717, 1.165) is 11.1 Å². The van der Waals surface area contributed by atoms with Gasteiger partial charge in [0.25, 0.3) is 0 Å². The first-order chi connectivity index (χ1) is 13.6. The number of hydrogen-bond acceptors (Lipinski definition) is 6. The predicted octanol–water partition coefficient (Wildman–Crippen LogP) is 2.11. The van der Waals surface area contributed by atoms with E-state index in [1.165, 1.54) is 11.0 Å². The van der Waals surface area contributed by atoms with Gasteiger partial charge in [-0.2, -0.15) is 0 Å². The van der Waals surface area contributed by atoms with Gasteiger partial charge in [0.05, 0.1) is 18.8 Å². The molecule has 4 rings (SSSR count). The van der Waals surface area contributed by atoms with Gasteiger partial charge in [-0.25, -0.2) is 13.9 Å². The summed E-state index contributed by atoms with van der Waals surface area (Å²) in [6.45, 7) is 1.14. The van der Waals surface area contributed by atoms with Crippen molar-refractivity contribution in [1.82, 2.24) is 14.9 Å². The minimum atomic E-state index is -0.507. The number of cyclic esters (lactones) is 1. The Morgan fingerprint density at radius 3 is 2.57 bits per heavy atom. The zero-order valence-electron chi connectivity index (χ0n) is 15.0. The lowest BCUT2D eigenvalue weighted by Crippen LogP contribution is -2.27. The SMILES string of the molecule is NC[C@H]1CN(c2ccc(-c3ccc(CNn4cnnc4)cc3)c(F)c2)C(=O)O1. The molecule has 1 atom stereocenters. The number of nitrogens with zero attached hydrogens (tertiary/aromatic N) is 4. The van der Waals surface area contributed by atoms with E-state index >= 15 is 0 Å². The molecule has 0 bridgehead atoms. The van der Waals surface area contributed by atoms with Gasteiger partial charge in [-0.3, -0.25) is 4.90 Å². The van der Waals surface area contributed by atoms with Crippen LogP contribution in [0.4, 0.5) is 14.9 Å². The molecule has 1 aromatic heterocycles. The minimum absolute atomic E-state index is 0.237. The normalized spacial score (nSPS) is 16.3. The van der Waals surface area contributed by atoms with Crippen molar-refractivity contribution >= 4 is 11.8 Å². The van der Waals surface area contributed by atoms with Crippen LogP contribution < -0.4 is 16.1 Å². The zero-order chi connectivity index (χ0) is 19.5. The van der Waals surface area contributed by atoms with Gasteiger partial charge < -0.3 is 15.9 Å². The molecule has 2 heterocycles. The maximum absolute atomic E-state index is 14.7. The summed E-state index contributed by atoms with van der Waals surface area (Å²) in [4.78, 5) is 13.3. The summed E-state index contributed by atoms with van der Waals surface area (Å²) in [7, 11) is 0. The third-order valence-corrected chi connectivity index (χ3v) is 4.55. The van der Waals surface area contributed by atoms with Gasteiger partial charge in [0.1, 0.15) is 24.6 Å². The number of halogens is 1. The Balaban J connectivity index is 1.47. The van der Waals surface area contributed by atoms with E-state index < -0.39 is 11.9 Å². The van der Waals surface area contributed by atoms with Crippen LogP contribution in [0.1, 0.15) is 5.56 Å². The summed E-state index contributed by atoms with van der Waals surface area (Å²) < 4.78 is 21.5. The van der Waals surface area contributed by atoms with Gasteiger partial charge in [0, 0.05) is 12.1 Å². The fraction of sp³-hybridized carbons (Fsp3) is 0.211. The highest BCUT2D eigenvalue weighted by Crippen LogP contribution is 2.29. The van der Waals surface area contributed by atoms with E-state index in [1.54, 1.807) is 29.5 Å². The molecule has 0 spiro atoms. The number of amides is 1. The van der Waals surface area contributed by atoms with Crippen LogP contribution in [0.15, 0.2) is 55.1 Å². The van der Waals surface area contributed by atoms with Gasteiger partial charge in [0.2, 0.25) is 0 Å². The molecule has 1 amide bonds.